The topological polar surface area (TPSA) is 51.4 Å². The molecule has 1 aromatic rings. The first-order chi connectivity index (χ1) is 8.20. The molecule has 1 fully saturated rings. The van der Waals surface area contributed by atoms with Crippen LogP contribution in [0.15, 0.2) is 18.3 Å². The molecule has 4 nitrogen and oxygen atoms in total. The standard InChI is InChI=1S/C12H17N3OS/c1-16-10-3-2-6-15(8-10)9-4-5-14-11(7-9)12(13)17/h4-5,7,10H,2-3,6,8H2,1H3,(H2,13,17). The molecule has 0 radical (unpaired) electrons. The largest absolute Gasteiger partial charge is 0.388 e. The fourth-order valence-electron chi connectivity index (χ4n) is 2.12. The Kier molecular flexibility index (Phi) is 3.91. The van der Waals surface area contributed by atoms with E-state index in [1.54, 1.807) is 13.3 Å². The Hall–Kier alpha value is -1.20. The molecule has 1 aromatic heterocycles. The number of piperidine rings is 1. The summed E-state index contributed by atoms with van der Waals surface area (Å²) < 4.78 is 5.41. The molecular weight excluding hydrogens is 234 g/mol. The molecule has 2 N–H and O–H groups in total. The summed E-state index contributed by atoms with van der Waals surface area (Å²) in [7, 11) is 1.77. The van der Waals surface area contributed by atoms with Crippen molar-refractivity contribution in [3.8, 4) is 0 Å². The van der Waals surface area contributed by atoms with Crippen molar-refractivity contribution < 1.29 is 4.74 Å². The number of methoxy groups -OCH3 is 1. The third kappa shape index (κ3) is 2.92. The number of rotatable bonds is 3. The third-order valence-electron chi connectivity index (χ3n) is 3.07. The first kappa shape index (κ1) is 12.3. The molecule has 0 aromatic carbocycles. The van der Waals surface area contributed by atoms with E-state index in [1.807, 2.05) is 12.1 Å². The van der Waals surface area contributed by atoms with Gasteiger partial charge in [-0.05, 0) is 25.0 Å². The van der Waals surface area contributed by atoms with Crippen LogP contribution in [-0.2, 0) is 4.74 Å². The van der Waals surface area contributed by atoms with Crippen LogP contribution in [0.25, 0.3) is 0 Å². The maximum atomic E-state index is 5.59. The van der Waals surface area contributed by atoms with Gasteiger partial charge in [0, 0.05) is 32.1 Å². The second kappa shape index (κ2) is 5.42. The Morgan fingerprint density at radius 3 is 3.18 bits per heavy atom. The number of nitrogens with zero attached hydrogens (tertiary/aromatic N) is 2. The number of ether oxygens (including phenoxy) is 1. The molecule has 0 amide bonds. The first-order valence-electron chi connectivity index (χ1n) is 5.74. The number of aromatic nitrogens is 1. The lowest BCUT2D eigenvalue weighted by molar-refractivity contribution is 0.0893. The molecule has 17 heavy (non-hydrogen) atoms. The number of thiocarbonyl (C=S) groups is 1. The van der Waals surface area contributed by atoms with Crippen LogP contribution < -0.4 is 10.6 Å². The summed E-state index contributed by atoms with van der Waals surface area (Å²) in [5.74, 6) is 0. The van der Waals surface area contributed by atoms with Crippen molar-refractivity contribution >= 4 is 22.9 Å². The summed E-state index contributed by atoms with van der Waals surface area (Å²) in [6.45, 7) is 1.96. The number of pyridine rings is 1. The molecule has 5 heteroatoms. The van der Waals surface area contributed by atoms with Crippen LogP contribution >= 0.6 is 12.2 Å². The quantitative estimate of drug-likeness (QED) is 0.821. The van der Waals surface area contributed by atoms with Crippen molar-refractivity contribution in [1.82, 2.24) is 4.98 Å². The molecule has 1 atom stereocenters. The Balaban J connectivity index is 2.16. The molecule has 92 valence electrons. The average Bonchev–Trinajstić information content (AvgIpc) is 2.39. The molecule has 0 bridgehead atoms. The van der Waals surface area contributed by atoms with E-state index in [9.17, 15) is 0 Å². The molecule has 1 aliphatic heterocycles. The average molecular weight is 251 g/mol. The summed E-state index contributed by atoms with van der Waals surface area (Å²) in [6, 6.07) is 3.93. The van der Waals surface area contributed by atoms with E-state index in [0.29, 0.717) is 16.8 Å². The lowest BCUT2D eigenvalue weighted by Crippen LogP contribution is -2.39. The predicted molar refractivity (Wildman–Crippen MR) is 72.4 cm³/mol. The van der Waals surface area contributed by atoms with E-state index in [0.717, 1.165) is 31.6 Å². The fraction of sp³-hybridized carbons (Fsp3) is 0.500. The smallest absolute Gasteiger partial charge is 0.122 e. The van der Waals surface area contributed by atoms with Crippen LogP contribution in [0.2, 0.25) is 0 Å². The van der Waals surface area contributed by atoms with Gasteiger partial charge in [0.05, 0.1) is 11.8 Å². The zero-order valence-corrected chi connectivity index (χ0v) is 10.7. The minimum Gasteiger partial charge on any atom is -0.388 e. The fourth-order valence-corrected chi connectivity index (χ4v) is 2.23. The molecule has 2 heterocycles. The summed E-state index contributed by atoms with van der Waals surface area (Å²) in [6.07, 6.45) is 4.33. The van der Waals surface area contributed by atoms with Crippen LogP contribution in [0, 0.1) is 0 Å². The van der Waals surface area contributed by atoms with Crippen molar-refractivity contribution in [2.75, 3.05) is 25.1 Å². The monoisotopic (exact) mass is 251 g/mol. The number of nitrogens with two attached hydrogens (primary N) is 1. The second-order valence-corrected chi connectivity index (χ2v) is 4.65. The maximum Gasteiger partial charge on any atom is 0.122 e. The molecule has 1 saturated heterocycles. The van der Waals surface area contributed by atoms with E-state index >= 15 is 0 Å². The van der Waals surface area contributed by atoms with Gasteiger partial charge in [-0.2, -0.15) is 0 Å². The van der Waals surface area contributed by atoms with Crippen molar-refractivity contribution in [2.45, 2.75) is 18.9 Å². The Morgan fingerprint density at radius 1 is 1.65 bits per heavy atom. The van der Waals surface area contributed by atoms with Crippen molar-refractivity contribution in [2.24, 2.45) is 5.73 Å². The van der Waals surface area contributed by atoms with Crippen LogP contribution in [0.1, 0.15) is 18.5 Å². The minimum atomic E-state index is 0.310. The van der Waals surface area contributed by atoms with Gasteiger partial charge >= 0.3 is 0 Å². The van der Waals surface area contributed by atoms with Crippen molar-refractivity contribution in [3.05, 3.63) is 24.0 Å². The Morgan fingerprint density at radius 2 is 2.47 bits per heavy atom. The lowest BCUT2D eigenvalue weighted by atomic mass is 10.1. The van der Waals surface area contributed by atoms with Gasteiger partial charge in [-0.3, -0.25) is 4.98 Å². The summed E-state index contributed by atoms with van der Waals surface area (Å²) in [5.41, 5.74) is 7.38. The van der Waals surface area contributed by atoms with Gasteiger partial charge in [-0.15, -0.1) is 0 Å². The minimum absolute atomic E-state index is 0.310. The molecule has 1 aliphatic rings. The summed E-state index contributed by atoms with van der Waals surface area (Å²) >= 11 is 4.94. The summed E-state index contributed by atoms with van der Waals surface area (Å²) in [5, 5.41) is 0. The highest BCUT2D eigenvalue weighted by atomic mass is 32.1. The van der Waals surface area contributed by atoms with E-state index in [1.165, 1.54) is 0 Å². The van der Waals surface area contributed by atoms with E-state index in [2.05, 4.69) is 9.88 Å². The van der Waals surface area contributed by atoms with E-state index < -0.39 is 0 Å². The van der Waals surface area contributed by atoms with Gasteiger partial charge in [0.2, 0.25) is 0 Å². The molecule has 0 saturated carbocycles. The highest BCUT2D eigenvalue weighted by Gasteiger charge is 2.19. The SMILES string of the molecule is COC1CCCN(c2ccnc(C(N)=S)c2)C1. The number of hydrogen-bond acceptors (Lipinski definition) is 4. The highest BCUT2D eigenvalue weighted by molar-refractivity contribution is 7.80. The van der Waals surface area contributed by atoms with Gasteiger partial charge in [-0.25, -0.2) is 0 Å². The van der Waals surface area contributed by atoms with Crippen LogP contribution in [0.3, 0.4) is 0 Å². The van der Waals surface area contributed by atoms with E-state index in [-0.39, 0.29) is 0 Å². The third-order valence-corrected chi connectivity index (χ3v) is 3.28. The van der Waals surface area contributed by atoms with Crippen LogP contribution in [0.5, 0.6) is 0 Å². The number of anilines is 1. The van der Waals surface area contributed by atoms with Crippen LogP contribution in [0.4, 0.5) is 5.69 Å². The van der Waals surface area contributed by atoms with Gasteiger partial charge < -0.3 is 15.4 Å². The summed E-state index contributed by atoms with van der Waals surface area (Å²) in [4.78, 5) is 6.78. The van der Waals surface area contributed by atoms with Gasteiger partial charge in [0.1, 0.15) is 4.99 Å². The molecular formula is C12H17N3OS. The van der Waals surface area contributed by atoms with Gasteiger partial charge in [0.25, 0.3) is 0 Å². The maximum absolute atomic E-state index is 5.59. The molecule has 0 aliphatic carbocycles. The Bertz CT molecular complexity index is 410. The zero-order chi connectivity index (χ0) is 12.3. The van der Waals surface area contributed by atoms with E-state index in [4.69, 9.17) is 22.7 Å². The van der Waals surface area contributed by atoms with Crippen molar-refractivity contribution in [3.63, 3.8) is 0 Å². The van der Waals surface area contributed by atoms with Crippen molar-refractivity contribution in [1.29, 1.82) is 0 Å². The number of hydrogen-bond donors (Lipinski definition) is 1. The van der Waals surface area contributed by atoms with Crippen LogP contribution in [-0.4, -0.2) is 36.3 Å². The zero-order valence-electron chi connectivity index (χ0n) is 9.93. The first-order valence-corrected chi connectivity index (χ1v) is 6.15. The molecule has 0 spiro atoms. The van der Waals surface area contributed by atoms with Gasteiger partial charge in [-0.1, -0.05) is 12.2 Å². The Labute approximate surface area is 107 Å². The second-order valence-electron chi connectivity index (χ2n) is 4.21. The predicted octanol–water partition coefficient (Wildman–Crippen LogP) is 1.33. The van der Waals surface area contributed by atoms with Gasteiger partial charge in [0.15, 0.2) is 0 Å². The highest BCUT2D eigenvalue weighted by Crippen LogP contribution is 2.21. The normalized spacial score (nSPS) is 20.3. The molecule has 2 rings (SSSR count). The lowest BCUT2D eigenvalue weighted by Gasteiger charge is -2.33. The molecule has 1 unspecified atom stereocenters.